The molecule has 1 fully saturated rings. The van der Waals surface area contributed by atoms with Gasteiger partial charge in [0.05, 0.1) is 5.75 Å². The fourth-order valence-corrected chi connectivity index (χ4v) is 3.78. The molecule has 1 saturated carbocycles. The Morgan fingerprint density at radius 1 is 1.58 bits per heavy atom. The molecule has 4 nitrogen and oxygen atoms in total. The summed E-state index contributed by atoms with van der Waals surface area (Å²) in [6.07, 6.45) is 8.09. The summed E-state index contributed by atoms with van der Waals surface area (Å²) in [6.45, 7) is 4.32. The van der Waals surface area contributed by atoms with Crippen LogP contribution in [0, 0.1) is 12.8 Å². The number of aryl methyl sites for hydroxylation is 1. The van der Waals surface area contributed by atoms with Gasteiger partial charge in [0.2, 0.25) is 0 Å². The number of hydrogen-bond donors (Lipinski definition) is 1. The second-order valence-corrected chi connectivity index (χ2v) is 6.27. The molecule has 106 valence electrons. The Kier molecular flexibility index (Phi) is 4.91. The van der Waals surface area contributed by atoms with Crippen LogP contribution in [-0.4, -0.2) is 26.4 Å². The normalized spacial score (nSPS) is 23.5. The molecule has 0 bridgehead atoms. The first-order valence-electron chi connectivity index (χ1n) is 7.00. The fourth-order valence-electron chi connectivity index (χ4n) is 2.97. The number of imidazole rings is 1. The summed E-state index contributed by atoms with van der Waals surface area (Å²) in [4.78, 5) is 15.1. The molecular weight excluding hydrogens is 260 g/mol. The molecule has 0 aromatic carbocycles. The number of hydrogen-bond acceptors (Lipinski definition) is 3. The summed E-state index contributed by atoms with van der Waals surface area (Å²) in [6, 6.07) is 0.498. The number of carboxylic acids is 1. The second-order valence-electron chi connectivity index (χ2n) is 5.33. The van der Waals surface area contributed by atoms with Gasteiger partial charge >= 0.3 is 5.97 Å². The van der Waals surface area contributed by atoms with Crippen LogP contribution in [-0.2, 0) is 4.79 Å². The number of aliphatic carboxylic acids is 1. The molecule has 1 N–H and O–H groups in total. The average molecular weight is 282 g/mol. The van der Waals surface area contributed by atoms with Crippen LogP contribution in [0.5, 0.6) is 0 Å². The van der Waals surface area contributed by atoms with Crippen molar-refractivity contribution in [2.45, 2.75) is 57.1 Å². The third-order valence-electron chi connectivity index (χ3n) is 3.97. The summed E-state index contributed by atoms with van der Waals surface area (Å²) in [5.74, 6) is 0.102. The van der Waals surface area contributed by atoms with Crippen molar-refractivity contribution in [2.24, 2.45) is 5.92 Å². The third kappa shape index (κ3) is 3.53. The summed E-state index contributed by atoms with van der Waals surface area (Å²) in [5.41, 5.74) is 1.15. The van der Waals surface area contributed by atoms with Crippen molar-refractivity contribution in [3.05, 3.63) is 11.9 Å². The van der Waals surface area contributed by atoms with E-state index in [1.807, 2.05) is 6.20 Å². The Balaban J connectivity index is 2.13. The van der Waals surface area contributed by atoms with Crippen molar-refractivity contribution >= 4 is 17.7 Å². The van der Waals surface area contributed by atoms with Crippen molar-refractivity contribution in [3.63, 3.8) is 0 Å². The molecule has 1 heterocycles. The second kappa shape index (κ2) is 6.46. The third-order valence-corrected chi connectivity index (χ3v) is 4.92. The molecule has 2 unspecified atom stereocenters. The lowest BCUT2D eigenvalue weighted by atomic mass is 9.84. The molecule has 1 aliphatic rings. The minimum Gasteiger partial charge on any atom is -0.481 e. The van der Waals surface area contributed by atoms with Crippen LogP contribution >= 0.6 is 11.8 Å². The first-order chi connectivity index (χ1) is 9.11. The summed E-state index contributed by atoms with van der Waals surface area (Å²) >= 11 is 1.33. The van der Waals surface area contributed by atoms with E-state index in [9.17, 15) is 4.79 Å². The van der Waals surface area contributed by atoms with Crippen molar-refractivity contribution in [1.29, 1.82) is 0 Å². The highest BCUT2D eigenvalue weighted by Crippen LogP contribution is 2.37. The van der Waals surface area contributed by atoms with Gasteiger partial charge in [0.25, 0.3) is 0 Å². The fraction of sp³-hybridized carbons (Fsp3) is 0.714. The first-order valence-corrected chi connectivity index (χ1v) is 7.98. The Morgan fingerprint density at radius 3 is 3.05 bits per heavy atom. The first kappa shape index (κ1) is 14.4. The van der Waals surface area contributed by atoms with Gasteiger partial charge in [-0.1, -0.05) is 37.9 Å². The van der Waals surface area contributed by atoms with E-state index in [-0.39, 0.29) is 5.75 Å². The van der Waals surface area contributed by atoms with Gasteiger partial charge in [-0.05, 0) is 25.7 Å². The van der Waals surface area contributed by atoms with E-state index >= 15 is 0 Å². The summed E-state index contributed by atoms with van der Waals surface area (Å²) in [5, 5.41) is 9.67. The molecule has 0 radical (unpaired) electrons. The van der Waals surface area contributed by atoms with Crippen LogP contribution in [0.2, 0.25) is 0 Å². The van der Waals surface area contributed by atoms with Gasteiger partial charge in [-0.15, -0.1) is 0 Å². The minimum absolute atomic E-state index is 0.0837. The molecule has 1 aromatic rings. The van der Waals surface area contributed by atoms with E-state index < -0.39 is 5.97 Å². The molecule has 19 heavy (non-hydrogen) atoms. The van der Waals surface area contributed by atoms with Crippen molar-refractivity contribution in [2.75, 3.05) is 5.75 Å². The highest BCUT2D eigenvalue weighted by molar-refractivity contribution is 7.99. The quantitative estimate of drug-likeness (QED) is 0.840. The predicted octanol–water partition coefficient (Wildman–Crippen LogP) is 3.51. The Bertz CT molecular complexity index is 445. The number of aromatic nitrogens is 2. The smallest absolute Gasteiger partial charge is 0.313 e. The SMILES string of the molecule is CCC1CCCC(n2c(C)cnc2SCC(=O)O)C1. The van der Waals surface area contributed by atoms with Gasteiger partial charge in [0.1, 0.15) is 0 Å². The van der Waals surface area contributed by atoms with Gasteiger partial charge in [0.15, 0.2) is 5.16 Å². The number of carbonyl (C=O) groups is 1. The highest BCUT2D eigenvalue weighted by Gasteiger charge is 2.25. The molecule has 5 heteroatoms. The van der Waals surface area contributed by atoms with Crippen LogP contribution < -0.4 is 0 Å². The van der Waals surface area contributed by atoms with E-state index in [0.29, 0.717) is 6.04 Å². The van der Waals surface area contributed by atoms with Gasteiger partial charge in [-0.3, -0.25) is 4.79 Å². The highest BCUT2D eigenvalue weighted by atomic mass is 32.2. The van der Waals surface area contributed by atoms with Crippen LogP contribution in [0.4, 0.5) is 0 Å². The largest absolute Gasteiger partial charge is 0.481 e. The van der Waals surface area contributed by atoms with Gasteiger partial charge in [-0.25, -0.2) is 4.98 Å². The Hall–Kier alpha value is -0.970. The molecule has 2 rings (SSSR count). The van der Waals surface area contributed by atoms with E-state index in [1.54, 1.807) is 0 Å². The topological polar surface area (TPSA) is 55.1 Å². The number of rotatable bonds is 5. The maximum Gasteiger partial charge on any atom is 0.313 e. The zero-order valence-electron chi connectivity index (χ0n) is 11.6. The van der Waals surface area contributed by atoms with E-state index in [4.69, 9.17) is 5.11 Å². The van der Waals surface area contributed by atoms with Crippen molar-refractivity contribution < 1.29 is 9.90 Å². The summed E-state index contributed by atoms with van der Waals surface area (Å²) in [7, 11) is 0. The van der Waals surface area contributed by atoms with Crippen molar-refractivity contribution in [1.82, 2.24) is 9.55 Å². The zero-order chi connectivity index (χ0) is 13.8. The molecule has 0 amide bonds. The van der Waals surface area contributed by atoms with E-state index in [1.165, 1.54) is 43.9 Å². The molecule has 1 aromatic heterocycles. The molecule has 2 atom stereocenters. The van der Waals surface area contributed by atoms with E-state index in [2.05, 4.69) is 23.4 Å². The number of thioether (sulfide) groups is 1. The van der Waals surface area contributed by atoms with Crippen LogP contribution in [0.25, 0.3) is 0 Å². The molecule has 0 spiro atoms. The number of carboxylic acid groups (broad SMARTS) is 1. The standard InChI is InChI=1S/C14H22N2O2S/c1-3-11-5-4-6-12(7-11)16-10(2)8-15-14(16)19-9-13(17)18/h8,11-12H,3-7,9H2,1-2H3,(H,17,18). The molecule has 0 saturated heterocycles. The molecular formula is C14H22N2O2S. The average Bonchev–Trinajstić information content (AvgIpc) is 2.77. The zero-order valence-corrected chi connectivity index (χ0v) is 12.4. The minimum atomic E-state index is -0.785. The number of nitrogens with zero attached hydrogens (tertiary/aromatic N) is 2. The lowest BCUT2D eigenvalue weighted by Gasteiger charge is -2.31. The lowest BCUT2D eigenvalue weighted by Crippen LogP contribution is -2.20. The lowest BCUT2D eigenvalue weighted by molar-refractivity contribution is -0.133. The maximum absolute atomic E-state index is 10.7. The Labute approximate surface area is 118 Å². The predicted molar refractivity (Wildman–Crippen MR) is 76.6 cm³/mol. The van der Waals surface area contributed by atoms with Gasteiger partial charge < -0.3 is 9.67 Å². The van der Waals surface area contributed by atoms with Crippen LogP contribution in [0.1, 0.15) is 50.8 Å². The van der Waals surface area contributed by atoms with Crippen molar-refractivity contribution in [3.8, 4) is 0 Å². The Morgan fingerprint density at radius 2 is 2.37 bits per heavy atom. The van der Waals surface area contributed by atoms with Gasteiger partial charge in [0, 0.05) is 17.9 Å². The molecule has 0 aliphatic heterocycles. The molecule has 1 aliphatic carbocycles. The summed E-state index contributed by atoms with van der Waals surface area (Å²) < 4.78 is 2.26. The monoisotopic (exact) mass is 282 g/mol. The maximum atomic E-state index is 10.7. The van der Waals surface area contributed by atoms with Crippen LogP contribution in [0.15, 0.2) is 11.4 Å². The van der Waals surface area contributed by atoms with Crippen LogP contribution in [0.3, 0.4) is 0 Å². The van der Waals surface area contributed by atoms with E-state index in [0.717, 1.165) is 16.8 Å². The van der Waals surface area contributed by atoms with Gasteiger partial charge in [-0.2, -0.15) is 0 Å².